The number of ether oxygens (including phenoxy) is 1. The number of sulfonamides is 1. The minimum absolute atomic E-state index is 0.123. The van der Waals surface area contributed by atoms with Crippen LogP contribution in [0.4, 0.5) is 5.69 Å². The van der Waals surface area contributed by atoms with Crippen molar-refractivity contribution < 1.29 is 18.3 Å². The lowest BCUT2D eigenvalue weighted by Gasteiger charge is -2.12. The van der Waals surface area contributed by atoms with Gasteiger partial charge in [0.25, 0.3) is 10.0 Å². The van der Waals surface area contributed by atoms with Gasteiger partial charge < -0.3 is 9.84 Å². The molecule has 2 aromatic carbocycles. The first-order valence-corrected chi connectivity index (χ1v) is 7.86. The van der Waals surface area contributed by atoms with Crippen LogP contribution >= 0.6 is 0 Å². The van der Waals surface area contributed by atoms with E-state index in [-0.39, 0.29) is 4.90 Å². The number of rotatable bonds is 5. The zero-order valence-electron chi connectivity index (χ0n) is 11.8. The van der Waals surface area contributed by atoms with Crippen molar-refractivity contribution in [2.75, 3.05) is 11.8 Å². The highest BCUT2D eigenvalue weighted by molar-refractivity contribution is 7.92. The molecule has 5 nitrogen and oxygen atoms in total. The quantitative estimate of drug-likeness (QED) is 0.890. The molecule has 0 radical (unpaired) electrons. The molecule has 0 saturated carbocycles. The third-order valence-corrected chi connectivity index (χ3v) is 4.41. The predicted octanol–water partition coefficient (Wildman–Crippen LogP) is 2.55. The van der Waals surface area contributed by atoms with Crippen molar-refractivity contribution in [3.63, 3.8) is 0 Å². The van der Waals surface area contributed by atoms with Gasteiger partial charge in [-0.05, 0) is 36.8 Å². The van der Waals surface area contributed by atoms with Gasteiger partial charge in [-0.1, -0.05) is 24.3 Å². The molecule has 0 fully saturated rings. The molecule has 0 saturated heterocycles. The molecular formula is C15H17NO4S. The van der Waals surface area contributed by atoms with Crippen LogP contribution in [0.25, 0.3) is 0 Å². The summed E-state index contributed by atoms with van der Waals surface area (Å²) in [4.78, 5) is 0.123. The molecule has 0 aromatic heterocycles. The topological polar surface area (TPSA) is 75.6 Å². The molecule has 2 rings (SSSR count). The van der Waals surface area contributed by atoms with E-state index in [0.29, 0.717) is 17.0 Å². The average Bonchev–Trinajstić information content (AvgIpc) is 2.47. The number of nitrogens with one attached hydrogen (secondary N) is 1. The maximum absolute atomic E-state index is 12.3. The van der Waals surface area contributed by atoms with Crippen molar-refractivity contribution in [2.24, 2.45) is 0 Å². The summed E-state index contributed by atoms with van der Waals surface area (Å²) in [6, 6.07) is 12.9. The normalized spacial score (nSPS) is 12.7. The Morgan fingerprint density at radius 3 is 2.29 bits per heavy atom. The Morgan fingerprint density at radius 1 is 1.10 bits per heavy atom. The summed E-state index contributed by atoms with van der Waals surface area (Å²) in [6.07, 6.45) is -0.635. The number of aliphatic hydroxyl groups is 1. The van der Waals surface area contributed by atoms with Crippen molar-refractivity contribution >= 4 is 15.7 Å². The van der Waals surface area contributed by atoms with Crippen molar-refractivity contribution in [3.05, 3.63) is 54.1 Å². The van der Waals surface area contributed by atoms with Crippen LogP contribution in [0.2, 0.25) is 0 Å². The van der Waals surface area contributed by atoms with Crippen LogP contribution in [0.3, 0.4) is 0 Å². The van der Waals surface area contributed by atoms with Gasteiger partial charge in [0.1, 0.15) is 5.75 Å². The van der Waals surface area contributed by atoms with E-state index in [1.807, 2.05) is 0 Å². The van der Waals surface area contributed by atoms with Gasteiger partial charge in [0, 0.05) is 0 Å². The molecule has 0 heterocycles. The van der Waals surface area contributed by atoms with Gasteiger partial charge in [0.2, 0.25) is 0 Å². The lowest BCUT2D eigenvalue weighted by molar-refractivity contribution is 0.199. The molecule has 112 valence electrons. The Bertz CT molecular complexity index is 709. The van der Waals surface area contributed by atoms with Crippen molar-refractivity contribution in [3.8, 4) is 5.75 Å². The molecule has 0 bridgehead atoms. The van der Waals surface area contributed by atoms with Gasteiger partial charge >= 0.3 is 0 Å². The summed E-state index contributed by atoms with van der Waals surface area (Å²) >= 11 is 0. The first kappa shape index (κ1) is 15.3. The summed E-state index contributed by atoms with van der Waals surface area (Å²) in [7, 11) is -2.22. The monoisotopic (exact) mass is 307 g/mol. The van der Waals surface area contributed by atoms with Crippen LogP contribution in [0, 0.1) is 0 Å². The fourth-order valence-corrected chi connectivity index (χ4v) is 2.93. The number of para-hydroxylation sites is 2. The van der Waals surface area contributed by atoms with E-state index >= 15 is 0 Å². The second-order valence-corrected chi connectivity index (χ2v) is 6.23. The first-order valence-electron chi connectivity index (χ1n) is 6.38. The van der Waals surface area contributed by atoms with Gasteiger partial charge in [-0.25, -0.2) is 8.42 Å². The Kier molecular flexibility index (Phi) is 4.50. The van der Waals surface area contributed by atoms with Gasteiger partial charge in [0.15, 0.2) is 0 Å². The number of aliphatic hydroxyl groups excluding tert-OH is 1. The number of anilines is 1. The lowest BCUT2D eigenvalue weighted by atomic mass is 10.1. The lowest BCUT2D eigenvalue weighted by Crippen LogP contribution is -2.13. The summed E-state index contributed by atoms with van der Waals surface area (Å²) in [6.45, 7) is 1.62. The van der Waals surface area contributed by atoms with E-state index in [9.17, 15) is 13.5 Å². The molecular weight excluding hydrogens is 290 g/mol. The number of hydrogen-bond donors (Lipinski definition) is 2. The molecule has 2 aromatic rings. The molecule has 0 amide bonds. The summed E-state index contributed by atoms with van der Waals surface area (Å²) in [5.74, 6) is 0.446. The molecule has 1 unspecified atom stereocenters. The summed E-state index contributed by atoms with van der Waals surface area (Å²) in [5, 5.41) is 9.44. The van der Waals surface area contributed by atoms with Crippen molar-refractivity contribution in [1.29, 1.82) is 0 Å². The average molecular weight is 307 g/mol. The minimum atomic E-state index is -3.70. The second-order valence-electron chi connectivity index (χ2n) is 4.55. The molecule has 21 heavy (non-hydrogen) atoms. The number of methoxy groups -OCH3 is 1. The predicted molar refractivity (Wildman–Crippen MR) is 80.9 cm³/mol. The van der Waals surface area contributed by atoms with Crippen LogP contribution in [0.1, 0.15) is 18.6 Å². The third-order valence-electron chi connectivity index (χ3n) is 3.02. The van der Waals surface area contributed by atoms with E-state index < -0.39 is 16.1 Å². The first-order chi connectivity index (χ1) is 9.94. The maximum atomic E-state index is 12.3. The van der Waals surface area contributed by atoms with Gasteiger partial charge in [0.05, 0.1) is 23.8 Å². The Labute approximate surface area is 124 Å². The van der Waals surface area contributed by atoms with E-state index in [2.05, 4.69) is 4.72 Å². The Balaban J connectivity index is 2.30. The van der Waals surface area contributed by atoms with E-state index in [0.717, 1.165) is 0 Å². The highest BCUT2D eigenvalue weighted by Gasteiger charge is 2.16. The van der Waals surface area contributed by atoms with Crippen LogP contribution in [0.15, 0.2) is 53.4 Å². The largest absolute Gasteiger partial charge is 0.495 e. The van der Waals surface area contributed by atoms with Crippen molar-refractivity contribution in [2.45, 2.75) is 17.9 Å². The SMILES string of the molecule is COc1ccccc1NS(=O)(=O)c1ccc(C(C)O)cc1. The zero-order chi connectivity index (χ0) is 15.5. The summed E-state index contributed by atoms with van der Waals surface area (Å²) < 4.78 is 32.2. The standard InChI is InChI=1S/C15H17NO4S/c1-11(17)12-7-9-13(10-8-12)21(18,19)16-14-5-3-4-6-15(14)20-2/h3-11,16-17H,1-2H3. The fourth-order valence-electron chi connectivity index (χ4n) is 1.86. The maximum Gasteiger partial charge on any atom is 0.262 e. The minimum Gasteiger partial charge on any atom is -0.495 e. The second kappa shape index (κ2) is 6.15. The Morgan fingerprint density at radius 2 is 1.71 bits per heavy atom. The fraction of sp³-hybridized carbons (Fsp3) is 0.200. The molecule has 0 aliphatic heterocycles. The van der Waals surface area contributed by atoms with Gasteiger partial charge in [-0.3, -0.25) is 4.72 Å². The molecule has 0 aliphatic rings. The molecule has 1 atom stereocenters. The van der Waals surface area contributed by atoms with E-state index in [1.54, 1.807) is 43.3 Å². The number of benzene rings is 2. The van der Waals surface area contributed by atoms with Gasteiger partial charge in [-0.2, -0.15) is 0 Å². The highest BCUT2D eigenvalue weighted by atomic mass is 32.2. The third kappa shape index (κ3) is 3.53. The van der Waals surface area contributed by atoms with Gasteiger partial charge in [-0.15, -0.1) is 0 Å². The Hall–Kier alpha value is -2.05. The van der Waals surface area contributed by atoms with Crippen molar-refractivity contribution in [1.82, 2.24) is 0 Å². The van der Waals surface area contributed by atoms with Crippen LogP contribution in [-0.2, 0) is 10.0 Å². The molecule has 2 N–H and O–H groups in total. The van der Waals surface area contributed by atoms with E-state index in [1.165, 1.54) is 19.2 Å². The zero-order valence-corrected chi connectivity index (χ0v) is 12.6. The van der Waals surface area contributed by atoms with Crippen LogP contribution in [0.5, 0.6) is 5.75 Å². The summed E-state index contributed by atoms with van der Waals surface area (Å²) in [5.41, 5.74) is 1.03. The van der Waals surface area contributed by atoms with E-state index in [4.69, 9.17) is 4.74 Å². The van der Waals surface area contributed by atoms with Crippen LogP contribution in [-0.4, -0.2) is 20.6 Å². The highest BCUT2D eigenvalue weighted by Crippen LogP contribution is 2.26. The number of hydrogen-bond acceptors (Lipinski definition) is 4. The molecule has 6 heteroatoms. The molecule has 0 aliphatic carbocycles. The molecule has 0 spiro atoms. The smallest absolute Gasteiger partial charge is 0.262 e. The van der Waals surface area contributed by atoms with Crippen LogP contribution < -0.4 is 9.46 Å².